The maximum Gasteiger partial charge on any atom is 0.222 e. The van der Waals surface area contributed by atoms with Gasteiger partial charge in [-0.05, 0) is 18.2 Å². The highest BCUT2D eigenvalue weighted by molar-refractivity contribution is 6.30. The SMILES string of the molecule is Nc1ncc(F)c(Nc2cccc(Cl)c2)n1. The van der Waals surface area contributed by atoms with Gasteiger partial charge in [0.2, 0.25) is 5.95 Å². The molecule has 0 aliphatic carbocycles. The molecule has 0 saturated heterocycles. The van der Waals surface area contributed by atoms with Crippen LogP contribution in [-0.2, 0) is 0 Å². The fourth-order valence-corrected chi connectivity index (χ4v) is 1.36. The second-order valence-corrected chi connectivity index (χ2v) is 3.50. The molecule has 0 spiro atoms. The highest BCUT2D eigenvalue weighted by atomic mass is 35.5. The van der Waals surface area contributed by atoms with Crippen molar-refractivity contribution in [2.45, 2.75) is 0 Å². The predicted molar refractivity (Wildman–Crippen MR) is 61.1 cm³/mol. The van der Waals surface area contributed by atoms with Crippen molar-refractivity contribution < 1.29 is 4.39 Å². The van der Waals surface area contributed by atoms with Crippen LogP contribution in [0.1, 0.15) is 0 Å². The Morgan fingerprint density at radius 2 is 2.19 bits per heavy atom. The molecule has 2 rings (SSSR count). The minimum atomic E-state index is -0.575. The molecule has 0 aliphatic rings. The molecule has 0 aliphatic heterocycles. The number of aromatic nitrogens is 2. The summed E-state index contributed by atoms with van der Waals surface area (Å²) in [6.45, 7) is 0. The Labute approximate surface area is 96.3 Å². The lowest BCUT2D eigenvalue weighted by Gasteiger charge is -2.06. The molecular weight excluding hydrogens is 231 g/mol. The number of nitrogens with two attached hydrogens (primary N) is 1. The summed E-state index contributed by atoms with van der Waals surface area (Å²) in [4.78, 5) is 7.26. The Kier molecular flexibility index (Phi) is 2.87. The van der Waals surface area contributed by atoms with Crippen LogP contribution >= 0.6 is 11.6 Å². The molecule has 0 saturated carbocycles. The molecule has 0 amide bonds. The van der Waals surface area contributed by atoms with Gasteiger partial charge in [-0.2, -0.15) is 4.98 Å². The molecule has 1 aromatic heterocycles. The van der Waals surface area contributed by atoms with E-state index in [1.807, 2.05) is 0 Å². The number of anilines is 3. The lowest BCUT2D eigenvalue weighted by atomic mass is 10.3. The van der Waals surface area contributed by atoms with Gasteiger partial charge < -0.3 is 11.1 Å². The van der Waals surface area contributed by atoms with Crippen LogP contribution in [0.2, 0.25) is 5.02 Å². The first-order valence-corrected chi connectivity index (χ1v) is 4.83. The highest BCUT2D eigenvalue weighted by Crippen LogP contribution is 2.20. The van der Waals surface area contributed by atoms with Crippen LogP contribution < -0.4 is 11.1 Å². The van der Waals surface area contributed by atoms with Crippen LogP contribution in [0.3, 0.4) is 0 Å². The molecule has 3 N–H and O–H groups in total. The lowest BCUT2D eigenvalue weighted by molar-refractivity contribution is 0.620. The maximum atomic E-state index is 13.3. The number of nitrogens with one attached hydrogen (secondary N) is 1. The Bertz CT molecular complexity index is 518. The van der Waals surface area contributed by atoms with Crippen LogP contribution in [0.25, 0.3) is 0 Å². The summed E-state index contributed by atoms with van der Waals surface area (Å²) < 4.78 is 13.3. The molecule has 0 radical (unpaired) electrons. The monoisotopic (exact) mass is 238 g/mol. The largest absolute Gasteiger partial charge is 0.368 e. The van der Waals surface area contributed by atoms with Crippen molar-refractivity contribution in [3.63, 3.8) is 0 Å². The first-order valence-electron chi connectivity index (χ1n) is 4.46. The van der Waals surface area contributed by atoms with Crippen LogP contribution in [0, 0.1) is 5.82 Å². The molecule has 1 aromatic carbocycles. The summed E-state index contributed by atoms with van der Waals surface area (Å²) in [6.07, 6.45) is 1.01. The zero-order valence-electron chi connectivity index (χ0n) is 8.11. The molecule has 0 atom stereocenters. The average molecular weight is 239 g/mol. The van der Waals surface area contributed by atoms with Crippen molar-refractivity contribution in [1.82, 2.24) is 9.97 Å². The van der Waals surface area contributed by atoms with Crippen molar-refractivity contribution in [2.75, 3.05) is 11.1 Å². The summed E-state index contributed by atoms with van der Waals surface area (Å²) >= 11 is 5.79. The summed E-state index contributed by atoms with van der Waals surface area (Å²) in [5, 5.41) is 3.31. The van der Waals surface area contributed by atoms with Gasteiger partial charge in [-0.15, -0.1) is 0 Å². The van der Waals surface area contributed by atoms with Crippen molar-refractivity contribution in [2.24, 2.45) is 0 Å². The van der Waals surface area contributed by atoms with Crippen LogP contribution in [0.5, 0.6) is 0 Å². The Hall–Kier alpha value is -1.88. The van der Waals surface area contributed by atoms with Crippen LogP contribution in [0.15, 0.2) is 30.5 Å². The van der Waals surface area contributed by atoms with E-state index in [1.165, 1.54) is 0 Å². The Morgan fingerprint density at radius 3 is 2.94 bits per heavy atom. The van der Waals surface area contributed by atoms with E-state index in [0.717, 1.165) is 6.20 Å². The van der Waals surface area contributed by atoms with E-state index >= 15 is 0 Å². The lowest BCUT2D eigenvalue weighted by Crippen LogP contribution is -2.02. The molecular formula is C10H8ClFN4. The van der Waals surface area contributed by atoms with Crippen molar-refractivity contribution in [3.05, 3.63) is 41.3 Å². The molecule has 1 heterocycles. The summed E-state index contributed by atoms with van der Waals surface area (Å²) in [5.41, 5.74) is 5.99. The topological polar surface area (TPSA) is 63.8 Å². The zero-order chi connectivity index (χ0) is 11.5. The molecule has 16 heavy (non-hydrogen) atoms. The first kappa shape index (κ1) is 10.6. The Balaban J connectivity index is 2.30. The van der Waals surface area contributed by atoms with E-state index in [1.54, 1.807) is 24.3 Å². The summed E-state index contributed by atoms with van der Waals surface area (Å²) in [7, 11) is 0. The minimum Gasteiger partial charge on any atom is -0.368 e. The fourth-order valence-electron chi connectivity index (χ4n) is 1.17. The smallest absolute Gasteiger partial charge is 0.222 e. The predicted octanol–water partition coefficient (Wildman–Crippen LogP) is 2.59. The van der Waals surface area contributed by atoms with Gasteiger partial charge in [-0.1, -0.05) is 17.7 Å². The number of hydrogen-bond acceptors (Lipinski definition) is 4. The van der Waals surface area contributed by atoms with Gasteiger partial charge in [0.05, 0.1) is 6.20 Å². The van der Waals surface area contributed by atoms with Crippen molar-refractivity contribution in [1.29, 1.82) is 0 Å². The van der Waals surface area contributed by atoms with E-state index in [9.17, 15) is 4.39 Å². The summed E-state index contributed by atoms with van der Waals surface area (Å²) in [5.74, 6) is -0.546. The number of rotatable bonds is 2. The summed E-state index contributed by atoms with van der Waals surface area (Å²) in [6, 6.07) is 6.85. The second-order valence-electron chi connectivity index (χ2n) is 3.06. The maximum absolute atomic E-state index is 13.3. The fraction of sp³-hybridized carbons (Fsp3) is 0. The van der Waals surface area contributed by atoms with Gasteiger partial charge >= 0.3 is 0 Å². The number of halogens is 2. The number of nitrogens with zero attached hydrogens (tertiary/aromatic N) is 2. The third kappa shape index (κ3) is 2.38. The molecule has 4 nitrogen and oxygen atoms in total. The minimum absolute atomic E-state index is 0.00549. The molecule has 0 bridgehead atoms. The molecule has 6 heteroatoms. The van der Waals surface area contributed by atoms with Gasteiger partial charge in [0.25, 0.3) is 0 Å². The number of nitrogen functional groups attached to an aromatic ring is 1. The molecule has 82 valence electrons. The standard InChI is InChI=1S/C10H8ClFN4/c11-6-2-1-3-7(4-6)15-9-8(12)5-14-10(13)16-9/h1-5H,(H3,13,14,15,16). The van der Waals surface area contributed by atoms with Gasteiger partial charge in [-0.3, -0.25) is 0 Å². The normalized spacial score (nSPS) is 10.1. The van der Waals surface area contributed by atoms with E-state index in [-0.39, 0.29) is 11.8 Å². The zero-order valence-corrected chi connectivity index (χ0v) is 8.87. The van der Waals surface area contributed by atoms with Gasteiger partial charge in [0.1, 0.15) is 0 Å². The van der Waals surface area contributed by atoms with Crippen LogP contribution in [0.4, 0.5) is 21.8 Å². The van der Waals surface area contributed by atoms with E-state index in [2.05, 4.69) is 15.3 Å². The van der Waals surface area contributed by atoms with E-state index in [0.29, 0.717) is 10.7 Å². The molecule has 2 aromatic rings. The third-order valence-electron chi connectivity index (χ3n) is 1.85. The highest BCUT2D eigenvalue weighted by Gasteiger charge is 2.05. The third-order valence-corrected chi connectivity index (χ3v) is 2.09. The number of hydrogen-bond donors (Lipinski definition) is 2. The van der Waals surface area contributed by atoms with Crippen LogP contribution in [-0.4, -0.2) is 9.97 Å². The second kappa shape index (κ2) is 4.32. The van der Waals surface area contributed by atoms with Crippen molar-refractivity contribution in [3.8, 4) is 0 Å². The number of benzene rings is 1. The average Bonchev–Trinajstić information content (AvgIpc) is 2.24. The molecule has 0 fully saturated rings. The van der Waals surface area contributed by atoms with E-state index < -0.39 is 5.82 Å². The van der Waals surface area contributed by atoms with E-state index in [4.69, 9.17) is 17.3 Å². The Morgan fingerprint density at radius 1 is 1.38 bits per heavy atom. The first-order chi connectivity index (χ1) is 7.65. The van der Waals surface area contributed by atoms with Gasteiger partial charge in [0.15, 0.2) is 11.6 Å². The van der Waals surface area contributed by atoms with Gasteiger partial charge in [0, 0.05) is 10.7 Å². The molecule has 0 unspecified atom stereocenters. The van der Waals surface area contributed by atoms with Gasteiger partial charge in [-0.25, -0.2) is 9.37 Å². The quantitative estimate of drug-likeness (QED) is 0.844. The van der Waals surface area contributed by atoms with Crippen molar-refractivity contribution >= 4 is 29.1 Å².